The van der Waals surface area contributed by atoms with Gasteiger partial charge in [0.15, 0.2) is 5.58 Å². The third-order valence-electron chi connectivity index (χ3n) is 5.20. The van der Waals surface area contributed by atoms with Crippen LogP contribution in [0.25, 0.3) is 28.0 Å². The highest BCUT2D eigenvalue weighted by atomic mass is 32.2. The van der Waals surface area contributed by atoms with Gasteiger partial charge in [-0.1, -0.05) is 36.4 Å². The molecule has 0 saturated carbocycles. The highest BCUT2D eigenvalue weighted by Crippen LogP contribution is 2.35. The number of benzene rings is 3. The first kappa shape index (κ1) is 20.7. The number of sulfone groups is 1. The quantitative estimate of drug-likeness (QED) is 0.356. The van der Waals surface area contributed by atoms with Crippen molar-refractivity contribution in [1.82, 2.24) is 4.98 Å². The summed E-state index contributed by atoms with van der Waals surface area (Å²) in [5.74, 6) is -0.332. The van der Waals surface area contributed by atoms with Crippen LogP contribution in [0.2, 0.25) is 0 Å². The Labute approximate surface area is 190 Å². The topological polar surface area (TPSA) is 89.3 Å². The molecule has 5 aromatic rings. The molecular weight excluding hydrogens is 436 g/mol. The molecule has 0 aliphatic rings. The average molecular weight is 455 g/mol. The van der Waals surface area contributed by atoms with Gasteiger partial charge in [0.25, 0.3) is 0 Å². The lowest BCUT2D eigenvalue weighted by Crippen LogP contribution is -2.08. The zero-order valence-electron chi connectivity index (χ0n) is 17.3. The van der Waals surface area contributed by atoms with Crippen LogP contribution in [0.5, 0.6) is 0 Å². The predicted molar refractivity (Wildman–Crippen MR) is 128 cm³/mol. The second-order valence-corrected chi connectivity index (χ2v) is 9.29. The summed E-state index contributed by atoms with van der Waals surface area (Å²) in [5, 5.41) is 4.33. The van der Waals surface area contributed by atoms with Crippen molar-refractivity contribution >= 4 is 49.4 Å². The van der Waals surface area contributed by atoms with E-state index in [0.717, 1.165) is 16.3 Å². The van der Waals surface area contributed by atoms with Crippen LogP contribution in [0.4, 0.5) is 5.69 Å². The van der Waals surface area contributed by atoms with Crippen molar-refractivity contribution < 1.29 is 17.6 Å². The van der Waals surface area contributed by atoms with Crippen molar-refractivity contribution in [3.05, 3.63) is 103 Å². The second-order valence-electron chi connectivity index (χ2n) is 7.37. The molecule has 5 rings (SSSR count). The van der Waals surface area contributed by atoms with Gasteiger partial charge in [0.2, 0.25) is 15.7 Å². The number of hydrogen-bond donors (Lipinski definition) is 1. The monoisotopic (exact) mass is 454 g/mol. The molecule has 0 atom stereocenters. The van der Waals surface area contributed by atoms with E-state index in [0.29, 0.717) is 16.9 Å². The number of fused-ring (bicyclic) bond motifs is 3. The van der Waals surface area contributed by atoms with E-state index in [2.05, 4.69) is 10.3 Å². The number of aromatic nitrogens is 1. The number of anilines is 1. The molecule has 0 unspecified atom stereocenters. The van der Waals surface area contributed by atoms with Crippen LogP contribution in [-0.4, -0.2) is 19.3 Å². The fourth-order valence-corrected chi connectivity index (χ4v) is 5.01. The van der Waals surface area contributed by atoms with E-state index in [-0.39, 0.29) is 15.7 Å². The molecule has 33 heavy (non-hydrogen) atoms. The van der Waals surface area contributed by atoms with Gasteiger partial charge < -0.3 is 9.73 Å². The maximum absolute atomic E-state index is 13.4. The van der Waals surface area contributed by atoms with Gasteiger partial charge in [-0.3, -0.25) is 9.78 Å². The number of furan rings is 1. The largest absolute Gasteiger partial charge is 0.455 e. The lowest BCUT2D eigenvalue weighted by molar-refractivity contribution is -0.111. The lowest BCUT2D eigenvalue weighted by Gasteiger charge is -2.07. The van der Waals surface area contributed by atoms with Crippen LogP contribution in [0.1, 0.15) is 5.56 Å². The minimum atomic E-state index is -3.83. The number of amides is 1. The first-order valence-electron chi connectivity index (χ1n) is 10.2. The molecule has 0 saturated heterocycles. The number of carbonyl (C=O) groups excluding carboxylic acids is 1. The summed E-state index contributed by atoms with van der Waals surface area (Å²) in [4.78, 5) is 16.4. The van der Waals surface area contributed by atoms with Crippen LogP contribution in [0.15, 0.2) is 112 Å². The molecular formula is C26H18N2O4S. The molecule has 0 aliphatic heterocycles. The molecule has 0 aliphatic carbocycles. The normalized spacial score (nSPS) is 11.9. The molecule has 162 valence electrons. The zero-order valence-corrected chi connectivity index (χ0v) is 18.1. The van der Waals surface area contributed by atoms with Crippen LogP contribution in [-0.2, 0) is 14.6 Å². The Morgan fingerprint density at radius 2 is 1.67 bits per heavy atom. The van der Waals surface area contributed by atoms with Gasteiger partial charge in [-0.25, -0.2) is 8.42 Å². The third kappa shape index (κ3) is 4.02. The first-order valence-corrected chi connectivity index (χ1v) is 11.7. The summed E-state index contributed by atoms with van der Waals surface area (Å²) >= 11 is 0. The highest BCUT2D eigenvalue weighted by Gasteiger charge is 2.23. The summed E-state index contributed by atoms with van der Waals surface area (Å²) in [7, 11) is -3.83. The summed E-state index contributed by atoms with van der Waals surface area (Å²) < 4.78 is 32.6. The van der Waals surface area contributed by atoms with Crippen molar-refractivity contribution in [2.45, 2.75) is 9.79 Å². The number of para-hydroxylation sites is 2. The van der Waals surface area contributed by atoms with Crippen LogP contribution in [0, 0.1) is 0 Å². The summed E-state index contributed by atoms with van der Waals surface area (Å²) in [5.41, 5.74) is 2.25. The summed E-state index contributed by atoms with van der Waals surface area (Å²) in [6.07, 6.45) is 6.34. The number of nitrogens with zero attached hydrogens (tertiary/aromatic N) is 1. The summed E-state index contributed by atoms with van der Waals surface area (Å²) in [6, 6.07) is 22.2. The van der Waals surface area contributed by atoms with Crippen LogP contribution in [0.3, 0.4) is 0 Å². The molecule has 0 spiro atoms. The second kappa shape index (κ2) is 8.37. The van der Waals surface area contributed by atoms with E-state index in [1.807, 2.05) is 36.4 Å². The van der Waals surface area contributed by atoms with Crippen LogP contribution >= 0.6 is 0 Å². The maximum Gasteiger partial charge on any atom is 0.248 e. The number of nitrogens with one attached hydrogen (secondary N) is 1. The third-order valence-corrected chi connectivity index (χ3v) is 6.99. The first-order chi connectivity index (χ1) is 16.0. The smallest absolute Gasteiger partial charge is 0.248 e. The van der Waals surface area contributed by atoms with Crippen LogP contribution < -0.4 is 5.32 Å². The van der Waals surface area contributed by atoms with Crippen molar-refractivity contribution in [1.29, 1.82) is 0 Å². The number of hydrogen-bond acceptors (Lipinski definition) is 5. The number of pyridine rings is 1. The zero-order chi connectivity index (χ0) is 22.8. The SMILES string of the molecule is O=C(/C=C/c1cccnc1)Nc1ccc(S(=O)(=O)c2cccc3c2oc2ccccc23)cc1. The Morgan fingerprint density at radius 1 is 0.879 bits per heavy atom. The van der Waals surface area contributed by atoms with Crippen molar-refractivity contribution in [2.75, 3.05) is 5.32 Å². The van der Waals surface area contributed by atoms with Gasteiger partial charge in [0.1, 0.15) is 10.5 Å². The summed E-state index contributed by atoms with van der Waals surface area (Å²) in [6.45, 7) is 0. The van der Waals surface area contributed by atoms with Gasteiger partial charge in [-0.15, -0.1) is 0 Å². The minimum absolute atomic E-state index is 0.104. The van der Waals surface area contributed by atoms with Gasteiger partial charge in [-0.2, -0.15) is 0 Å². The number of carbonyl (C=O) groups is 1. The van der Waals surface area contributed by atoms with Crippen molar-refractivity contribution in [2.24, 2.45) is 0 Å². The standard InChI is InChI=1S/C26H18N2O4S/c29-25(15-10-18-5-4-16-27-17-18)28-19-11-13-20(14-12-19)33(30,31)24-9-3-7-22-21-6-1-2-8-23(21)32-26(22)24/h1-17H,(H,28,29)/b15-10+. The Hall–Kier alpha value is -4.23. The minimum Gasteiger partial charge on any atom is -0.455 e. The molecule has 2 heterocycles. The van der Waals surface area contributed by atoms with E-state index < -0.39 is 9.84 Å². The van der Waals surface area contributed by atoms with Crippen molar-refractivity contribution in [3.63, 3.8) is 0 Å². The Morgan fingerprint density at radius 3 is 2.45 bits per heavy atom. The van der Waals surface area contributed by atoms with E-state index in [1.165, 1.54) is 18.2 Å². The fraction of sp³-hybridized carbons (Fsp3) is 0. The Bertz CT molecular complexity index is 1600. The molecule has 0 fully saturated rings. The van der Waals surface area contributed by atoms with E-state index in [4.69, 9.17) is 4.42 Å². The molecule has 3 aromatic carbocycles. The molecule has 2 aromatic heterocycles. The van der Waals surface area contributed by atoms with E-state index >= 15 is 0 Å². The molecule has 0 radical (unpaired) electrons. The average Bonchev–Trinajstić information content (AvgIpc) is 3.22. The van der Waals surface area contributed by atoms with Gasteiger partial charge in [0, 0.05) is 34.9 Å². The van der Waals surface area contributed by atoms with E-state index in [1.54, 1.807) is 48.8 Å². The predicted octanol–water partition coefficient (Wildman–Crippen LogP) is 5.47. The lowest BCUT2D eigenvalue weighted by atomic mass is 10.1. The molecule has 1 N–H and O–H groups in total. The molecule has 7 heteroatoms. The highest BCUT2D eigenvalue weighted by molar-refractivity contribution is 7.91. The molecule has 1 amide bonds. The van der Waals surface area contributed by atoms with E-state index in [9.17, 15) is 13.2 Å². The van der Waals surface area contributed by atoms with Crippen molar-refractivity contribution in [3.8, 4) is 0 Å². The fourth-order valence-electron chi connectivity index (χ4n) is 3.61. The molecule has 6 nitrogen and oxygen atoms in total. The van der Waals surface area contributed by atoms with Gasteiger partial charge >= 0.3 is 0 Å². The number of rotatable bonds is 5. The van der Waals surface area contributed by atoms with Gasteiger partial charge in [-0.05, 0) is 54.1 Å². The van der Waals surface area contributed by atoms with Gasteiger partial charge in [0.05, 0.1) is 4.90 Å². The Kier molecular flexibility index (Phi) is 5.24. The Balaban J connectivity index is 1.41. The maximum atomic E-state index is 13.4. The molecule has 0 bridgehead atoms.